The second kappa shape index (κ2) is 7.04. The lowest BCUT2D eigenvalue weighted by Crippen LogP contribution is -2.01. The van der Waals surface area contributed by atoms with Gasteiger partial charge in [-0.05, 0) is 50.1 Å². The smallest absolute Gasteiger partial charge is 0.135 e. The zero-order chi connectivity index (χ0) is 15.4. The zero-order valence-corrected chi connectivity index (χ0v) is 14.8. The van der Waals surface area contributed by atoms with Crippen LogP contribution in [0.1, 0.15) is 5.56 Å². The van der Waals surface area contributed by atoms with Crippen LogP contribution in [0.15, 0.2) is 39.3 Å². The summed E-state index contributed by atoms with van der Waals surface area (Å²) in [6.07, 6.45) is 0. The topological polar surface area (TPSA) is 50.7 Å². The Bertz CT molecular complexity index is 647. The third-order valence-electron chi connectivity index (χ3n) is 3.00. The fourth-order valence-corrected chi connectivity index (χ4v) is 3.13. The first kappa shape index (κ1) is 16.0. The standard InChI is InChI=1S/C15H15Br2NO3/c1-20-10-4-3-9(14(19)5-10)8-18-13-7-15(21-2)12(17)6-11(13)16/h3-7,18-19H,8H2,1-2H3. The van der Waals surface area contributed by atoms with E-state index in [4.69, 9.17) is 9.47 Å². The summed E-state index contributed by atoms with van der Waals surface area (Å²) in [6.45, 7) is 0.485. The molecule has 0 aliphatic heterocycles. The first-order valence-corrected chi connectivity index (χ1v) is 7.76. The molecule has 0 aliphatic rings. The predicted molar refractivity (Wildman–Crippen MR) is 90.4 cm³/mol. The molecule has 2 aromatic rings. The number of halogens is 2. The molecule has 6 heteroatoms. The normalized spacial score (nSPS) is 10.3. The lowest BCUT2D eigenvalue weighted by Gasteiger charge is -2.13. The van der Waals surface area contributed by atoms with Crippen LogP contribution in [-0.4, -0.2) is 19.3 Å². The highest BCUT2D eigenvalue weighted by atomic mass is 79.9. The van der Waals surface area contributed by atoms with E-state index in [1.165, 1.54) is 0 Å². The Labute approximate surface area is 140 Å². The van der Waals surface area contributed by atoms with Gasteiger partial charge in [0, 0.05) is 28.7 Å². The second-order valence-electron chi connectivity index (χ2n) is 4.31. The lowest BCUT2D eigenvalue weighted by atomic mass is 10.2. The number of methoxy groups -OCH3 is 2. The van der Waals surface area contributed by atoms with Crippen molar-refractivity contribution in [2.45, 2.75) is 6.54 Å². The van der Waals surface area contributed by atoms with Crippen molar-refractivity contribution in [1.29, 1.82) is 0 Å². The summed E-state index contributed by atoms with van der Waals surface area (Å²) in [6, 6.07) is 9.02. The molecule has 0 fully saturated rings. The minimum Gasteiger partial charge on any atom is -0.507 e. The molecule has 0 bridgehead atoms. The van der Waals surface area contributed by atoms with Gasteiger partial charge in [0.25, 0.3) is 0 Å². The summed E-state index contributed by atoms with van der Waals surface area (Å²) in [5.41, 5.74) is 1.66. The highest BCUT2D eigenvalue weighted by molar-refractivity contribution is 9.11. The number of benzene rings is 2. The van der Waals surface area contributed by atoms with E-state index in [0.29, 0.717) is 12.3 Å². The van der Waals surface area contributed by atoms with Crippen molar-refractivity contribution in [2.75, 3.05) is 19.5 Å². The van der Waals surface area contributed by atoms with Gasteiger partial charge in [-0.15, -0.1) is 0 Å². The molecule has 0 saturated heterocycles. The predicted octanol–water partition coefficient (Wildman–Crippen LogP) is 4.55. The molecule has 21 heavy (non-hydrogen) atoms. The van der Waals surface area contributed by atoms with E-state index < -0.39 is 0 Å². The van der Waals surface area contributed by atoms with Crippen LogP contribution in [0.3, 0.4) is 0 Å². The van der Waals surface area contributed by atoms with E-state index in [1.807, 2.05) is 24.3 Å². The first-order chi connectivity index (χ1) is 10.0. The van der Waals surface area contributed by atoms with E-state index >= 15 is 0 Å². The van der Waals surface area contributed by atoms with Gasteiger partial charge in [-0.25, -0.2) is 0 Å². The number of ether oxygens (including phenoxy) is 2. The Morgan fingerprint density at radius 2 is 1.81 bits per heavy atom. The van der Waals surface area contributed by atoms with Crippen LogP contribution < -0.4 is 14.8 Å². The van der Waals surface area contributed by atoms with Crippen LogP contribution in [0.5, 0.6) is 17.2 Å². The Hall–Kier alpha value is -1.40. The van der Waals surface area contributed by atoms with Gasteiger partial charge in [0.2, 0.25) is 0 Å². The number of hydrogen-bond donors (Lipinski definition) is 2. The van der Waals surface area contributed by atoms with Gasteiger partial charge in [0.15, 0.2) is 0 Å². The molecule has 0 unspecified atom stereocenters. The fraction of sp³-hybridized carbons (Fsp3) is 0.200. The van der Waals surface area contributed by atoms with Crippen molar-refractivity contribution in [1.82, 2.24) is 0 Å². The minimum atomic E-state index is 0.196. The summed E-state index contributed by atoms with van der Waals surface area (Å²) in [5, 5.41) is 13.2. The van der Waals surface area contributed by atoms with Crippen molar-refractivity contribution in [3.05, 3.63) is 44.8 Å². The van der Waals surface area contributed by atoms with Crippen molar-refractivity contribution >= 4 is 37.5 Å². The molecule has 0 spiro atoms. The van der Waals surface area contributed by atoms with E-state index in [-0.39, 0.29) is 5.75 Å². The van der Waals surface area contributed by atoms with Crippen LogP contribution in [0.25, 0.3) is 0 Å². The molecule has 0 amide bonds. The summed E-state index contributed by atoms with van der Waals surface area (Å²) in [5.74, 6) is 1.56. The van der Waals surface area contributed by atoms with Crippen LogP contribution in [-0.2, 0) is 6.54 Å². The molecule has 0 radical (unpaired) electrons. The number of hydrogen-bond acceptors (Lipinski definition) is 4. The van der Waals surface area contributed by atoms with Crippen LogP contribution in [0.2, 0.25) is 0 Å². The first-order valence-electron chi connectivity index (χ1n) is 6.18. The number of rotatable bonds is 5. The maximum atomic E-state index is 9.95. The molecule has 112 valence electrons. The van der Waals surface area contributed by atoms with Gasteiger partial charge in [-0.1, -0.05) is 0 Å². The molecule has 0 saturated carbocycles. The highest BCUT2D eigenvalue weighted by Gasteiger charge is 2.08. The number of anilines is 1. The van der Waals surface area contributed by atoms with Crippen molar-refractivity contribution in [3.63, 3.8) is 0 Å². The van der Waals surface area contributed by atoms with Gasteiger partial charge in [0.05, 0.1) is 24.4 Å². The largest absolute Gasteiger partial charge is 0.507 e. The van der Waals surface area contributed by atoms with Gasteiger partial charge >= 0.3 is 0 Å². The highest BCUT2D eigenvalue weighted by Crippen LogP contribution is 2.35. The van der Waals surface area contributed by atoms with Crippen molar-refractivity contribution < 1.29 is 14.6 Å². The van der Waals surface area contributed by atoms with Gasteiger partial charge in [0.1, 0.15) is 17.2 Å². The molecule has 2 N–H and O–H groups in total. The zero-order valence-electron chi connectivity index (χ0n) is 11.6. The van der Waals surface area contributed by atoms with E-state index in [1.54, 1.807) is 20.3 Å². The Balaban J connectivity index is 2.16. The Morgan fingerprint density at radius 3 is 2.43 bits per heavy atom. The molecule has 0 atom stereocenters. The number of phenolic OH excluding ortho intramolecular Hbond substituents is 1. The minimum absolute atomic E-state index is 0.196. The average molecular weight is 417 g/mol. The maximum absolute atomic E-state index is 9.95. The Morgan fingerprint density at radius 1 is 1.05 bits per heavy atom. The number of nitrogens with one attached hydrogen (secondary N) is 1. The molecular weight excluding hydrogens is 402 g/mol. The van der Waals surface area contributed by atoms with Crippen LogP contribution in [0, 0.1) is 0 Å². The SMILES string of the molecule is COc1ccc(CNc2cc(OC)c(Br)cc2Br)c(O)c1. The molecule has 0 heterocycles. The van der Waals surface area contributed by atoms with Gasteiger partial charge in [-0.3, -0.25) is 0 Å². The summed E-state index contributed by atoms with van der Waals surface area (Å²) < 4.78 is 12.1. The molecule has 0 aliphatic carbocycles. The van der Waals surface area contributed by atoms with Crippen LogP contribution >= 0.6 is 31.9 Å². The van der Waals surface area contributed by atoms with E-state index in [9.17, 15) is 5.11 Å². The third kappa shape index (κ3) is 3.83. The van der Waals surface area contributed by atoms with Crippen molar-refractivity contribution in [2.24, 2.45) is 0 Å². The Kier molecular flexibility index (Phi) is 5.36. The molecular formula is C15H15Br2NO3. The fourth-order valence-electron chi connectivity index (χ4n) is 1.83. The average Bonchev–Trinajstić information content (AvgIpc) is 2.47. The molecule has 2 aromatic carbocycles. The summed E-state index contributed by atoms with van der Waals surface area (Å²) in [7, 11) is 3.19. The monoisotopic (exact) mass is 415 g/mol. The molecule has 4 nitrogen and oxygen atoms in total. The van der Waals surface area contributed by atoms with E-state index in [2.05, 4.69) is 37.2 Å². The second-order valence-corrected chi connectivity index (χ2v) is 6.02. The summed E-state index contributed by atoms with van der Waals surface area (Å²) in [4.78, 5) is 0. The number of phenols is 1. The quantitative estimate of drug-likeness (QED) is 0.750. The van der Waals surface area contributed by atoms with Crippen molar-refractivity contribution in [3.8, 4) is 17.2 Å². The molecule has 0 aromatic heterocycles. The molecule has 2 rings (SSSR count). The van der Waals surface area contributed by atoms with Gasteiger partial charge in [-0.2, -0.15) is 0 Å². The van der Waals surface area contributed by atoms with Gasteiger partial charge < -0.3 is 19.9 Å². The van der Waals surface area contributed by atoms with Crippen LogP contribution in [0.4, 0.5) is 5.69 Å². The lowest BCUT2D eigenvalue weighted by molar-refractivity contribution is 0.406. The third-order valence-corrected chi connectivity index (χ3v) is 4.28. The maximum Gasteiger partial charge on any atom is 0.135 e. The number of aromatic hydroxyl groups is 1. The summed E-state index contributed by atoms with van der Waals surface area (Å²) >= 11 is 6.92. The van der Waals surface area contributed by atoms with E-state index in [0.717, 1.165) is 25.9 Å².